The molecule has 0 bridgehead atoms. The van der Waals surface area contributed by atoms with Crippen LogP contribution in [0.2, 0.25) is 0 Å². The van der Waals surface area contributed by atoms with Gasteiger partial charge in [-0.05, 0) is 53.8 Å². The van der Waals surface area contributed by atoms with Gasteiger partial charge in [0.15, 0.2) is 16.7 Å². The number of Topliss-reactive ketones (excluding diaryl/α,β-unsaturated/α-hetero) is 1. The van der Waals surface area contributed by atoms with Gasteiger partial charge in [-0.1, -0.05) is 55.5 Å². The molecule has 0 saturated heterocycles. The summed E-state index contributed by atoms with van der Waals surface area (Å²) >= 11 is 1.35. The van der Waals surface area contributed by atoms with Crippen LogP contribution in [0.25, 0.3) is 10.2 Å². The van der Waals surface area contributed by atoms with Crippen LogP contribution in [0.4, 0.5) is 5.13 Å². The molecule has 5 rings (SSSR count). The summed E-state index contributed by atoms with van der Waals surface area (Å²) in [6.07, 6.45) is 1.39. The van der Waals surface area contributed by atoms with Gasteiger partial charge in [-0.15, -0.1) is 0 Å². The average Bonchev–Trinajstić information content (AvgIpc) is 3.52. The number of carbonyl (C=O) groups excluding carboxylic acids is 2. The van der Waals surface area contributed by atoms with Gasteiger partial charge in [0.1, 0.15) is 0 Å². The van der Waals surface area contributed by atoms with Gasteiger partial charge in [-0.25, -0.2) is 4.98 Å². The van der Waals surface area contributed by atoms with E-state index >= 15 is 0 Å². The zero-order valence-electron chi connectivity index (χ0n) is 18.4. The number of furan rings is 1. The normalized spacial score (nSPS) is 16.4. The van der Waals surface area contributed by atoms with Crippen molar-refractivity contribution in [2.75, 3.05) is 4.90 Å². The van der Waals surface area contributed by atoms with Crippen molar-refractivity contribution >= 4 is 38.4 Å². The molecule has 1 aliphatic heterocycles. The quantitative estimate of drug-likeness (QED) is 0.365. The Morgan fingerprint density at radius 2 is 1.91 bits per heavy atom. The summed E-state index contributed by atoms with van der Waals surface area (Å²) in [5, 5.41) is 11.3. The molecule has 2 aromatic carbocycles. The molecular formula is C26H22N2O4S. The molecule has 33 heavy (non-hydrogen) atoms. The van der Waals surface area contributed by atoms with Gasteiger partial charge in [0.05, 0.1) is 28.1 Å². The number of hydrogen-bond donors (Lipinski definition) is 1. The summed E-state index contributed by atoms with van der Waals surface area (Å²) in [6.45, 7) is 6.19. The number of amides is 1. The summed E-state index contributed by atoms with van der Waals surface area (Å²) in [5.41, 5.74) is 3.68. The highest BCUT2D eigenvalue weighted by Crippen LogP contribution is 2.44. The van der Waals surface area contributed by atoms with Crippen LogP contribution >= 0.6 is 11.3 Å². The number of aryl methyl sites for hydroxylation is 1. The summed E-state index contributed by atoms with van der Waals surface area (Å²) < 4.78 is 6.22. The molecule has 1 amide bonds. The van der Waals surface area contributed by atoms with Crippen LogP contribution in [-0.2, 0) is 4.79 Å². The Bertz CT molecular complexity index is 1400. The Hall–Kier alpha value is -3.71. The first kappa shape index (κ1) is 21.2. The highest BCUT2D eigenvalue weighted by molar-refractivity contribution is 7.22. The number of nitrogens with zero attached hydrogens (tertiary/aromatic N) is 2. The van der Waals surface area contributed by atoms with Crippen molar-refractivity contribution in [1.82, 2.24) is 4.98 Å². The van der Waals surface area contributed by atoms with Crippen LogP contribution in [-0.4, -0.2) is 21.8 Å². The van der Waals surface area contributed by atoms with E-state index in [1.165, 1.54) is 28.6 Å². The molecule has 6 nitrogen and oxygen atoms in total. The van der Waals surface area contributed by atoms with Crippen molar-refractivity contribution in [3.8, 4) is 0 Å². The third kappa shape index (κ3) is 3.54. The molecule has 0 fully saturated rings. The van der Waals surface area contributed by atoms with Crippen molar-refractivity contribution in [3.05, 3.63) is 94.6 Å². The molecule has 2 aromatic heterocycles. The van der Waals surface area contributed by atoms with Gasteiger partial charge in [0.2, 0.25) is 5.78 Å². The van der Waals surface area contributed by atoms with E-state index in [-0.39, 0.29) is 11.3 Å². The van der Waals surface area contributed by atoms with Crippen molar-refractivity contribution in [2.24, 2.45) is 0 Å². The Morgan fingerprint density at radius 3 is 2.58 bits per heavy atom. The van der Waals surface area contributed by atoms with Crippen molar-refractivity contribution < 1.29 is 19.1 Å². The third-order valence-electron chi connectivity index (χ3n) is 5.86. The average molecular weight is 459 g/mol. The van der Waals surface area contributed by atoms with Crippen LogP contribution < -0.4 is 4.90 Å². The number of anilines is 1. The molecular weight excluding hydrogens is 436 g/mol. The smallest absolute Gasteiger partial charge is 0.296 e. The monoisotopic (exact) mass is 458 g/mol. The highest BCUT2D eigenvalue weighted by Gasteiger charge is 2.46. The first-order valence-corrected chi connectivity index (χ1v) is 11.5. The number of aromatic nitrogens is 1. The fourth-order valence-corrected chi connectivity index (χ4v) is 5.17. The molecule has 1 atom stereocenters. The molecule has 3 heterocycles. The predicted octanol–water partition coefficient (Wildman–Crippen LogP) is 6.10. The van der Waals surface area contributed by atoms with Gasteiger partial charge in [-0.3, -0.25) is 14.5 Å². The van der Waals surface area contributed by atoms with Crippen LogP contribution in [0.1, 0.15) is 53.1 Å². The van der Waals surface area contributed by atoms with E-state index in [1.807, 2.05) is 49.4 Å². The number of ketones is 1. The SMILES string of the molecule is Cc1ccc2nc(N3C(=O)C(O)=C(C(=O)c4ccco4)[C@@H]3c3ccc(C(C)C)cc3)sc2c1. The minimum atomic E-state index is -0.821. The van der Waals surface area contributed by atoms with Crippen LogP contribution in [0.5, 0.6) is 0 Å². The fraction of sp³-hybridized carbons (Fsp3) is 0.192. The highest BCUT2D eigenvalue weighted by atomic mass is 32.1. The topological polar surface area (TPSA) is 83.6 Å². The van der Waals surface area contributed by atoms with Crippen molar-refractivity contribution in [3.63, 3.8) is 0 Å². The van der Waals surface area contributed by atoms with Crippen LogP contribution in [0.15, 0.2) is 76.6 Å². The van der Waals surface area contributed by atoms with E-state index in [1.54, 1.807) is 6.07 Å². The largest absolute Gasteiger partial charge is 0.503 e. The number of carbonyl (C=O) groups is 2. The molecule has 7 heteroatoms. The Kier molecular flexibility index (Phi) is 5.13. The Labute approximate surface area is 194 Å². The lowest BCUT2D eigenvalue weighted by Crippen LogP contribution is -2.31. The number of aliphatic hydroxyl groups excluding tert-OH is 1. The van der Waals surface area contributed by atoms with E-state index in [9.17, 15) is 14.7 Å². The van der Waals surface area contributed by atoms with Gasteiger partial charge in [-0.2, -0.15) is 0 Å². The van der Waals surface area contributed by atoms with Crippen LogP contribution in [0, 0.1) is 6.92 Å². The maximum Gasteiger partial charge on any atom is 0.296 e. The Morgan fingerprint density at radius 1 is 1.15 bits per heavy atom. The summed E-state index contributed by atoms with van der Waals surface area (Å²) in [6, 6.07) is 15.9. The van der Waals surface area contributed by atoms with E-state index in [0.717, 1.165) is 21.3 Å². The number of fused-ring (bicyclic) bond motifs is 1. The maximum absolute atomic E-state index is 13.3. The molecule has 0 radical (unpaired) electrons. The lowest BCUT2D eigenvalue weighted by Gasteiger charge is -2.24. The molecule has 166 valence electrons. The summed E-state index contributed by atoms with van der Waals surface area (Å²) in [4.78, 5) is 32.7. The maximum atomic E-state index is 13.3. The second-order valence-electron chi connectivity index (χ2n) is 8.44. The minimum Gasteiger partial charge on any atom is -0.503 e. The number of rotatable bonds is 5. The molecule has 0 unspecified atom stereocenters. The standard InChI is InChI=1S/C26H22N2O4S/c1-14(2)16-7-9-17(10-8-16)22-21(23(29)19-5-4-12-32-19)24(30)25(31)28(22)26-27-18-11-6-15(3)13-20(18)33-26/h4-14,22,30H,1-3H3/t22-/m0/s1. The van der Waals surface area contributed by atoms with E-state index in [0.29, 0.717) is 16.6 Å². The molecule has 1 N–H and O–H groups in total. The molecule has 0 aliphatic carbocycles. The van der Waals surface area contributed by atoms with E-state index < -0.39 is 23.5 Å². The van der Waals surface area contributed by atoms with Crippen molar-refractivity contribution in [1.29, 1.82) is 0 Å². The summed E-state index contributed by atoms with van der Waals surface area (Å²) in [7, 11) is 0. The second kappa shape index (κ2) is 8.01. The summed E-state index contributed by atoms with van der Waals surface area (Å²) in [5.74, 6) is -1.36. The molecule has 1 aliphatic rings. The molecule has 4 aromatic rings. The van der Waals surface area contributed by atoms with E-state index in [2.05, 4.69) is 18.8 Å². The van der Waals surface area contributed by atoms with Crippen LogP contribution in [0.3, 0.4) is 0 Å². The minimum absolute atomic E-state index is 0.0114. The predicted molar refractivity (Wildman–Crippen MR) is 128 cm³/mol. The first-order valence-electron chi connectivity index (χ1n) is 10.7. The number of thiazole rings is 1. The van der Waals surface area contributed by atoms with Gasteiger partial charge in [0, 0.05) is 0 Å². The van der Waals surface area contributed by atoms with Gasteiger partial charge >= 0.3 is 0 Å². The number of hydrogen-bond acceptors (Lipinski definition) is 6. The lowest BCUT2D eigenvalue weighted by molar-refractivity contribution is -0.117. The zero-order chi connectivity index (χ0) is 23.3. The second-order valence-corrected chi connectivity index (χ2v) is 9.44. The van der Waals surface area contributed by atoms with Gasteiger partial charge in [0.25, 0.3) is 5.91 Å². The number of aliphatic hydroxyl groups is 1. The first-order chi connectivity index (χ1) is 15.8. The Balaban J connectivity index is 1.67. The fourth-order valence-electron chi connectivity index (χ4n) is 4.08. The van der Waals surface area contributed by atoms with E-state index in [4.69, 9.17) is 4.42 Å². The molecule has 0 spiro atoms. The molecule has 0 saturated carbocycles. The lowest BCUT2D eigenvalue weighted by atomic mass is 9.93. The zero-order valence-corrected chi connectivity index (χ0v) is 19.2. The van der Waals surface area contributed by atoms with Gasteiger partial charge < -0.3 is 9.52 Å². The van der Waals surface area contributed by atoms with Crippen molar-refractivity contribution in [2.45, 2.75) is 32.7 Å². The third-order valence-corrected chi connectivity index (χ3v) is 6.87. The number of benzene rings is 2.